The van der Waals surface area contributed by atoms with Crippen molar-refractivity contribution < 1.29 is 0 Å². The maximum Gasteiger partial charge on any atom is 0.247 e. The molecule has 2 heteroatoms. The average Bonchev–Trinajstić information content (AvgIpc) is 3.25. The molecule has 0 spiro atoms. The molecule has 0 saturated heterocycles. The fourth-order valence-electron chi connectivity index (χ4n) is 6.89. The van der Waals surface area contributed by atoms with Crippen LogP contribution in [0.25, 0.3) is 38.6 Å². The summed E-state index contributed by atoms with van der Waals surface area (Å²) in [5.41, 5.74) is 13.7. The Kier molecular flexibility index (Phi) is 3.61. The van der Waals surface area contributed by atoms with Crippen molar-refractivity contribution in [3.8, 4) is 16.8 Å². The SMILES string of the molecule is CC1(C)c2cc(-c3ccccc3)ccc2B2c3ccccc3-n3c4ccccc4c4ccc1c2c43. The van der Waals surface area contributed by atoms with E-state index in [9.17, 15) is 0 Å². The van der Waals surface area contributed by atoms with Crippen molar-refractivity contribution in [2.45, 2.75) is 19.3 Å². The number of rotatable bonds is 1. The largest absolute Gasteiger partial charge is 0.310 e. The first-order valence-corrected chi connectivity index (χ1v) is 12.5. The molecule has 0 N–H and O–H groups in total. The van der Waals surface area contributed by atoms with Crippen LogP contribution in [0.2, 0.25) is 0 Å². The van der Waals surface area contributed by atoms with E-state index in [2.05, 4.69) is 128 Å². The first-order valence-electron chi connectivity index (χ1n) is 12.5. The quantitative estimate of drug-likeness (QED) is 0.277. The predicted octanol–water partition coefficient (Wildman–Crippen LogP) is 5.92. The van der Waals surface area contributed by atoms with Gasteiger partial charge in [-0.3, -0.25) is 0 Å². The van der Waals surface area contributed by atoms with Gasteiger partial charge in [-0.25, -0.2) is 0 Å². The number of hydrogen-bond donors (Lipinski definition) is 0. The number of hydrogen-bond acceptors (Lipinski definition) is 0. The van der Waals surface area contributed by atoms with E-state index in [0.29, 0.717) is 0 Å². The van der Waals surface area contributed by atoms with Crippen LogP contribution in [0.5, 0.6) is 0 Å². The van der Waals surface area contributed by atoms with Crippen molar-refractivity contribution in [1.82, 2.24) is 4.57 Å². The molecule has 0 aliphatic carbocycles. The molecule has 2 aliphatic heterocycles. The molecule has 3 heterocycles. The van der Waals surface area contributed by atoms with Crippen LogP contribution >= 0.6 is 0 Å². The number of para-hydroxylation sites is 2. The van der Waals surface area contributed by atoms with Crippen LogP contribution in [-0.2, 0) is 5.41 Å². The zero-order valence-corrected chi connectivity index (χ0v) is 19.9. The molecule has 0 amide bonds. The molecule has 0 saturated carbocycles. The highest BCUT2D eigenvalue weighted by atomic mass is 15.0. The van der Waals surface area contributed by atoms with Gasteiger partial charge in [0.05, 0.1) is 5.52 Å². The fraction of sp³-hybridized carbons (Fsp3) is 0.0909. The van der Waals surface area contributed by atoms with Gasteiger partial charge in [0.25, 0.3) is 0 Å². The van der Waals surface area contributed by atoms with Crippen molar-refractivity contribution in [1.29, 1.82) is 0 Å². The number of benzene rings is 5. The van der Waals surface area contributed by atoms with E-state index in [4.69, 9.17) is 0 Å². The Morgan fingerprint density at radius 1 is 0.600 bits per heavy atom. The van der Waals surface area contributed by atoms with E-state index >= 15 is 0 Å². The second-order valence-electron chi connectivity index (χ2n) is 10.6. The molecule has 6 aromatic rings. The second kappa shape index (κ2) is 6.55. The molecule has 2 aliphatic rings. The van der Waals surface area contributed by atoms with E-state index < -0.39 is 0 Å². The average molecular weight is 445 g/mol. The Hall–Kier alpha value is -4.04. The third-order valence-corrected chi connectivity index (χ3v) is 8.47. The smallest absolute Gasteiger partial charge is 0.247 e. The van der Waals surface area contributed by atoms with E-state index in [1.54, 1.807) is 0 Å². The molecule has 1 aromatic heterocycles. The minimum absolute atomic E-state index is 0.0896. The highest BCUT2D eigenvalue weighted by Gasteiger charge is 2.44. The van der Waals surface area contributed by atoms with Crippen LogP contribution in [0.1, 0.15) is 25.0 Å². The minimum Gasteiger partial charge on any atom is -0.310 e. The Morgan fingerprint density at radius 3 is 2.26 bits per heavy atom. The molecule has 0 atom stereocenters. The van der Waals surface area contributed by atoms with Gasteiger partial charge < -0.3 is 4.57 Å². The van der Waals surface area contributed by atoms with Gasteiger partial charge in [-0.15, -0.1) is 0 Å². The van der Waals surface area contributed by atoms with Crippen LogP contribution in [0, 0.1) is 0 Å². The summed E-state index contributed by atoms with van der Waals surface area (Å²) in [7, 11) is 0. The van der Waals surface area contributed by atoms with Gasteiger partial charge in [-0.1, -0.05) is 116 Å². The van der Waals surface area contributed by atoms with E-state index in [1.807, 2.05) is 0 Å². The highest BCUT2D eigenvalue weighted by molar-refractivity contribution is 6.99. The molecular weight excluding hydrogens is 421 g/mol. The lowest BCUT2D eigenvalue weighted by Crippen LogP contribution is -2.63. The Morgan fingerprint density at radius 2 is 1.37 bits per heavy atom. The van der Waals surface area contributed by atoms with Gasteiger partial charge in [0.15, 0.2) is 0 Å². The molecule has 0 radical (unpaired) electrons. The predicted molar refractivity (Wildman–Crippen MR) is 149 cm³/mol. The van der Waals surface area contributed by atoms with Gasteiger partial charge >= 0.3 is 0 Å². The van der Waals surface area contributed by atoms with Crippen molar-refractivity contribution in [3.63, 3.8) is 0 Å². The standard InChI is InChI=1S/C33H24BN/c1-33(2)25-18-17-24-23-12-6-8-14-29(23)35-30-15-9-7-13-28(30)34(31(25)32(24)35)27-19-16-22(20-26(27)33)21-10-4-3-5-11-21/h3-20H,1-2H3. The number of nitrogens with zero attached hydrogens (tertiary/aromatic N) is 1. The lowest BCUT2D eigenvalue weighted by Gasteiger charge is -2.41. The normalized spacial score (nSPS) is 14.7. The third-order valence-electron chi connectivity index (χ3n) is 8.47. The summed E-state index contributed by atoms with van der Waals surface area (Å²) >= 11 is 0. The van der Waals surface area contributed by atoms with Crippen LogP contribution in [0.3, 0.4) is 0 Å². The summed E-state index contributed by atoms with van der Waals surface area (Å²) in [4.78, 5) is 0. The molecule has 0 unspecified atom stereocenters. The first-order chi connectivity index (χ1) is 17.1. The first kappa shape index (κ1) is 19.3. The summed E-state index contributed by atoms with van der Waals surface area (Å²) in [5.74, 6) is 0. The lowest BCUT2D eigenvalue weighted by atomic mass is 9.30. The minimum atomic E-state index is -0.0896. The van der Waals surface area contributed by atoms with Crippen molar-refractivity contribution in [2.75, 3.05) is 0 Å². The fourth-order valence-corrected chi connectivity index (χ4v) is 6.89. The zero-order valence-electron chi connectivity index (χ0n) is 19.9. The highest BCUT2D eigenvalue weighted by Crippen LogP contribution is 2.41. The van der Waals surface area contributed by atoms with Crippen molar-refractivity contribution in [2.24, 2.45) is 0 Å². The Labute approximate surface area is 205 Å². The summed E-state index contributed by atoms with van der Waals surface area (Å²) in [6, 6.07) is 40.6. The van der Waals surface area contributed by atoms with Crippen LogP contribution < -0.4 is 16.4 Å². The maximum atomic E-state index is 2.52. The molecule has 8 rings (SSSR count). The van der Waals surface area contributed by atoms with Gasteiger partial charge in [-0.05, 0) is 45.3 Å². The zero-order chi connectivity index (χ0) is 23.3. The maximum absolute atomic E-state index is 2.52. The van der Waals surface area contributed by atoms with E-state index in [-0.39, 0.29) is 12.1 Å². The third kappa shape index (κ3) is 2.35. The summed E-state index contributed by atoms with van der Waals surface area (Å²) in [6.07, 6.45) is 0. The van der Waals surface area contributed by atoms with Gasteiger partial charge in [-0.2, -0.15) is 0 Å². The Bertz CT molecular complexity index is 1820. The van der Waals surface area contributed by atoms with E-state index in [0.717, 1.165) is 0 Å². The topological polar surface area (TPSA) is 4.93 Å². The van der Waals surface area contributed by atoms with Crippen molar-refractivity contribution in [3.05, 3.63) is 120 Å². The monoisotopic (exact) mass is 445 g/mol. The second-order valence-corrected chi connectivity index (χ2v) is 10.6. The van der Waals surface area contributed by atoms with E-state index in [1.165, 1.54) is 66.1 Å². The lowest BCUT2D eigenvalue weighted by molar-refractivity contribution is 0.646. The molecule has 164 valence electrons. The summed E-state index contributed by atoms with van der Waals surface area (Å²) < 4.78 is 2.52. The van der Waals surface area contributed by atoms with Crippen LogP contribution in [-0.4, -0.2) is 11.3 Å². The molecular formula is C33H24BN. The van der Waals surface area contributed by atoms with Gasteiger partial charge in [0.1, 0.15) is 0 Å². The van der Waals surface area contributed by atoms with Crippen molar-refractivity contribution >= 4 is 44.9 Å². The van der Waals surface area contributed by atoms with Crippen LogP contribution in [0.4, 0.5) is 0 Å². The number of fused-ring (bicyclic) bond motifs is 8. The Balaban J connectivity index is 1.53. The summed E-state index contributed by atoms with van der Waals surface area (Å²) in [5, 5.41) is 2.70. The molecule has 1 nitrogen and oxygen atoms in total. The van der Waals surface area contributed by atoms with Gasteiger partial charge in [0.2, 0.25) is 6.71 Å². The molecule has 0 bridgehead atoms. The van der Waals surface area contributed by atoms with Gasteiger partial charge in [0, 0.05) is 27.4 Å². The molecule has 35 heavy (non-hydrogen) atoms. The molecule has 0 fully saturated rings. The van der Waals surface area contributed by atoms with Crippen LogP contribution in [0.15, 0.2) is 109 Å². The number of aromatic nitrogens is 1. The molecule has 5 aromatic carbocycles. The summed E-state index contributed by atoms with van der Waals surface area (Å²) in [6.45, 7) is 5.05.